The fraction of sp³-hybridized carbons (Fsp3) is 0.105. The van der Waals surface area contributed by atoms with E-state index in [1.54, 1.807) is 44.6 Å². The van der Waals surface area contributed by atoms with Gasteiger partial charge in [-0.15, -0.1) is 0 Å². The minimum atomic E-state index is -0.391. The van der Waals surface area contributed by atoms with E-state index in [0.29, 0.717) is 28.4 Å². The van der Waals surface area contributed by atoms with E-state index in [-0.39, 0.29) is 0 Å². The highest BCUT2D eigenvalue weighted by Gasteiger charge is 2.24. The normalized spacial score (nSPS) is 15.2. The monoisotopic (exact) mass is 386 g/mol. The maximum Gasteiger partial charge on any atom is 0.343 e. The number of hydrogen-bond acceptors (Lipinski definition) is 4. The Morgan fingerprint density at radius 3 is 2.46 bits per heavy atom. The molecule has 0 saturated carbocycles. The lowest BCUT2D eigenvalue weighted by Crippen LogP contribution is -1.98. The van der Waals surface area contributed by atoms with Crippen LogP contribution in [0.5, 0.6) is 11.5 Å². The van der Waals surface area contributed by atoms with Crippen molar-refractivity contribution in [1.82, 2.24) is 0 Å². The van der Waals surface area contributed by atoms with Crippen molar-refractivity contribution in [3.63, 3.8) is 0 Å². The van der Waals surface area contributed by atoms with Crippen molar-refractivity contribution in [3.8, 4) is 11.5 Å². The van der Waals surface area contributed by atoms with Gasteiger partial charge >= 0.3 is 5.97 Å². The largest absolute Gasteiger partial charge is 0.497 e. The van der Waals surface area contributed by atoms with Crippen molar-refractivity contribution in [2.24, 2.45) is 0 Å². The molecule has 2 aromatic rings. The van der Waals surface area contributed by atoms with Crippen LogP contribution in [0.2, 0.25) is 0 Å². The van der Waals surface area contributed by atoms with Crippen molar-refractivity contribution in [2.75, 3.05) is 14.2 Å². The highest BCUT2D eigenvalue weighted by atomic mass is 79.9. The number of esters is 1. The average molecular weight is 387 g/mol. The van der Waals surface area contributed by atoms with Gasteiger partial charge in [-0.1, -0.05) is 28.1 Å². The van der Waals surface area contributed by atoms with Crippen LogP contribution in [0, 0.1) is 0 Å². The minimum Gasteiger partial charge on any atom is -0.497 e. The van der Waals surface area contributed by atoms with Gasteiger partial charge in [0.05, 0.1) is 25.4 Å². The topological polar surface area (TPSA) is 44.8 Å². The zero-order valence-corrected chi connectivity index (χ0v) is 14.8. The van der Waals surface area contributed by atoms with Crippen LogP contribution < -0.4 is 9.47 Å². The highest BCUT2D eigenvalue weighted by Crippen LogP contribution is 2.35. The SMILES string of the molecule is COc1ccc(OC)c(C2=C/C(=C/c3ccc(Br)cc3)C(=O)O2)c1. The molecule has 1 heterocycles. The Hall–Kier alpha value is -2.53. The molecule has 0 amide bonds. The zero-order valence-electron chi connectivity index (χ0n) is 13.2. The number of halogens is 1. The average Bonchev–Trinajstić information content (AvgIpc) is 2.97. The van der Waals surface area contributed by atoms with E-state index >= 15 is 0 Å². The van der Waals surface area contributed by atoms with E-state index in [1.165, 1.54) is 0 Å². The van der Waals surface area contributed by atoms with Gasteiger partial charge in [-0.3, -0.25) is 0 Å². The molecule has 0 fully saturated rings. The molecule has 0 bridgehead atoms. The van der Waals surface area contributed by atoms with E-state index < -0.39 is 5.97 Å². The predicted octanol–water partition coefficient (Wildman–Crippen LogP) is 4.45. The van der Waals surface area contributed by atoms with Gasteiger partial charge in [-0.25, -0.2) is 4.79 Å². The van der Waals surface area contributed by atoms with Gasteiger partial charge in [0, 0.05) is 4.47 Å². The molecule has 2 aromatic carbocycles. The van der Waals surface area contributed by atoms with Gasteiger partial charge in [-0.05, 0) is 48.0 Å². The first-order chi connectivity index (χ1) is 11.6. The molecular weight excluding hydrogens is 372 g/mol. The summed E-state index contributed by atoms with van der Waals surface area (Å²) in [6.45, 7) is 0. The van der Waals surface area contributed by atoms with Crippen molar-refractivity contribution in [1.29, 1.82) is 0 Å². The van der Waals surface area contributed by atoms with Gasteiger partial charge in [0.25, 0.3) is 0 Å². The van der Waals surface area contributed by atoms with Crippen molar-refractivity contribution in [3.05, 3.63) is 69.7 Å². The molecular formula is C19H15BrO4. The second-order valence-corrected chi connectivity index (χ2v) is 6.03. The molecule has 0 radical (unpaired) electrons. The molecule has 1 aliphatic rings. The minimum absolute atomic E-state index is 0.391. The van der Waals surface area contributed by atoms with Crippen LogP contribution in [-0.2, 0) is 9.53 Å². The molecule has 0 aliphatic carbocycles. The van der Waals surface area contributed by atoms with Gasteiger partial charge in [0.1, 0.15) is 17.3 Å². The summed E-state index contributed by atoms with van der Waals surface area (Å²) in [6, 6.07) is 13.0. The lowest BCUT2D eigenvalue weighted by Gasteiger charge is -2.10. The predicted molar refractivity (Wildman–Crippen MR) is 95.7 cm³/mol. The van der Waals surface area contributed by atoms with Crippen LogP contribution in [0.25, 0.3) is 11.8 Å². The first kappa shape index (κ1) is 16.3. The Morgan fingerprint density at radius 1 is 1.04 bits per heavy atom. The van der Waals surface area contributed by atoms with Crippen molar-refractivity contribution >= 4 is 33.7 Å². The van der Waals surface area contributed by atoms with E-state index in [2.05, 4.69) is 15.9 Å². The van der Waals surface area contributed by atoms with Gasteiger partial charge < -0.3 is 14.2 Å². The summed E-state index contributed by atoms with van der Waals surface area (Å²) < 4.78 is 17.0. The van der Waals surface area contributed by atoms with Crippen molar-refractivity contribution in [2.45, 2.75) is 0 Å². The number of benzene rings is 2. The fourth-order valence-corrected chi connectivity index (χ4v) is 2.63. The Labute approximate surface area is 148 Å². The summed E-state index contributed by atoms with van der Waals surface area (Å²) in [5.41, 5.74) is 2.07. The molecule has 0 saturated heterocycles. The number of methoxy groups -OCH3 is 2. The first-order valence-corrected chi connectivity index (χ1v) is 8.03. The molecule has 1 aliphatic heterocycles. The summed E-state index contributed by atoms with van der Waals surface area (Å²) in [5, 5.41) is 0. The zero-order chi connectivity index (χ0) is 17.1. The Bertz CT molecular complexity index is 835. The van der Waals surface area contributed by atoms with E-state index in [1.807, 2.05) is 24.3 Å². The van der Waals surface area contributed by atoms with Gasteiger partial charge in [-0.2, -0.15) is 0 Å². The van der Waals surface area contributed by atoms with Crippen LogP contribution in [-0.4, -0.2) is 20.2 Å². The third kappa shape index (κ3) is 3.36. The maximum atomic E-state index is 12.2. The Morgan fingerprint density at radius 2 is 1.79 bits per heavy atom. The van der Waals surface area contributed by atoms with Gasteiger partial charge in [0.2, 0.25) is 0 Å². The maximum absolute atomic E-state index is 12.2. The number of carbonyl (C=O) groups is 1. The number of ether oxygens (including phenoxy) is 3. The second kappa shape index (κ2) is 6.93. The molecule has 0 aromatic heterocycles. The second-order valence-electron chi connectivity index (χ2n) is 5.12. The van der Waals surface area contributed by atoms with Crippen LogP contribution in [0.15, 0.2) is 58.6 Å². The molecule has 0 unspecified atom stereocenters. The standard InChI is InChI=1S/C19H15BrO4/c1-22-15-7-8-17(23-2)16(11-15)18-10-13(19(21)24-18)9-12-3-5-14(20)6-4-12/h3-11H,1-2H3/b13-9-. The van der Waals surface area contributed by atoms with Gasteiger partial charge in [0.15, 0.2) is 0 Å². The molecule has 24 heavy (non-hydrogen) atoms. The molecule has 0 N–H and O–H groups in total. The van der Waals surface area contributed by atoms with Crippen molar-refractivity contribution < 1.29 is 19.0 Å². The quantitative estimate of drug-likeness (QED) is 0.575. The Balaban J connectivity index is 1.98. The molecule has 3 rings (SSSR count). The van der Waals surface area contributed by atoms with E-state index in [0.717, 1.165) is 10.0 Å². The van der Waals surface area contributed by atoms with E-state index in [9.17, 15) is 4.79 Å². The third-order valence-electron chi connectivity index (χ3n) is 3.59. The first-order valence-electron chi connectivity index (χ1n) is 7.24. The number of hydrogen-bond donors (Lipinski definition) is 0. The highest BCUT2D eigenvalue weighted by molar-refractivity contribution is 9.10. The van der Waals surface area contributed by atoms with E-state index in [4.69, 9.17) is 14.2 Å². The summed E-state index contributed by atoms with van der Waals surface area (Å²) in [5.74, 6) is 1.32. The van der Waals surface area contributed by atoms with Crippen LogP contribution in [0.3, 0.4) is 0 Å². The molecule has 5 heteroatoms. The number of carbonyl (C=O) groups excluding carboxylic acids is 1. The van der Waals surface area contributed by atoms with Crippen LogP contribution in [0.4, 0.5) is 0 Å². The third-order valence-corrected chi connectivity index (χ3v) is 4.12. The number of cyclic esters (lactones) is 1. The van der Waals surface area contributed by atoms with Crippen LogP contribution >= 0.6 is 15.9 Å². The lowest BCUT2D eigenvalue weighted by molar-refractivity contribution is -0.130. The Kier molecular flexibility index (Phi) is 4.71. The summed E-state index contributed by atoms with van der Waals surface area (Å²) in [4.78, 5) is 12.2. The molecule has 0 spiro atoms. The lowest BCUT2D eigenvalue weighted by atomic mass is 10.1. The summed E-state index contributed by atoms with van der Waals surface area (Å²) in [6.07, 6.45) is 3.50. The molecule has 4 nitrogen and oxygen atoms in total. The molecule has 122 valence electrons. The fourth-order valence-electron chi connectivity index (χ4n) is 2.37. The smallest absolute Gasteiger partial charge is 0.343 e. The summed E-state index contributed by atoms with van der Waals surface area (Å²) in [7, 11) is 3.15. The summed E-state index contributed by atoms with van der Waals surface area (Å²) >= 11 is 3.39. The van der Waals surface area contributed by atoms with Crippen LogP contribution in [0.1, 0.15) is 11.1 Å². The number of rotatable bonds is 4. The molecule has 0 atom stereocenters.